The molecule has 1 aliphatic rings. The van der Waals surface area contributed by atoms with Gasteiger partial charge in [0, 0.05) is 11.3 Å². The van der Waals surface area contributed by atoms with Crippen molar-refractivity contribution in [2.75, 3.05) is 0 Å². The summed E-state index contributed by atoms with van der Waals surface area (Å²) in [5, 5.41) is 0.976. The van der Waals surface area contributed by atoms with Crippen molar-refractivity contribution in [3.63, 3.8) is 0 Å². The van der Waals surface area contributed by atoms with Gasteiger partial charge >= 0.3 is 0 Å². The molecular weight excluding hydrogens is 270 g/mol. The minimum absolute atomic E-state index is 0.193. The number of carbonyl (C=O) groups is 1. The molecule has 0 unspecified atom stereocenters. The van der Waals surface area contributed by atoms with Gasteiger partial charge in [0.2, 0.25) is 0 Å². The monoisotopic (exact) mass is 283 g/mol. The molecule has 100 valence electrons. The number of nitrogens with zero attached hydrogens (tertiary/aromatic N) is 2. The number of hydrogen-bond acceptors (Lipinski definition) is 4. The summed E-state index contributed by atoms with van der Waals surface area (Å²) in [6.45, 7) is 0. The molecule has 1 aliphatic carbocycles. The molecule has 4 rings (SSSR count). The van der Waals surface area contributed by atoms with Crippen LogP contribution in [0.3, 0.4) is 0 Å². The summed E-state index contributed by atoms with van der Waals surface area (Å²) in [6, 6.07) is 7.98. The number of H-pyrrole nitrogens is 1. The molecular formula is C15H13N3OS. The Morgan fingerprint density at radius 3 is 2.95 bits per heavy atom. The molecule has 5 heteroatoms. The van der Waals surface area contributed by atoms with Crippen molar-refractivity contribution in [1.29, 1.82) is 0 Å². The van der Waals surface area contributed by atoms with E-state index < -0.39 is 0 Å². The van der Waals surface area contributed by atoms with Crippen molar-refractivity contribution in [3.8, 4) is 0 Å². The van der Waals surface area contributed by atoms with Crippen molar-refractivity contribution in [1.82, 2.24) is 15.0 Å². The SMILES string of the molecule is O=C1CCCc2sc(Cc3nc4ccccc4[nH]3)nc21. The van der Waals surface area contributed by atoms with Gasteiger partial charge in [-0.05, 0) is 25.0 Å². The number of carbonyl (C=O) groups excluding carboxylic acids is 1. The van der Waals surface area contributed by atoms with E-state index in [1.807, 2.05) is 24.3 Å². The molecule has 0 spiro atoms. The minimum Gasteiger partial charge on any atom is -0.342 e. The normalized spacial score (nSPS) is 14.7. The van der Waals surface area contributed by atoms with Crippen LogP contribution in [0.1, 0.15) is 39.0 Å². The predicted molar refractivity (Wildman–Crippen MR) is 78.3 cm³/mol. The third-order valence-corrected chi connectivity index (χ3v) is 4.69. The van der Waals surface area contributed by atoms with Gasteiger partial charge in [0.25, 0.3) is 0 Å². The number of imidazole rings is 1. The second-order valence-electron chi connectivity index (χ2n) is 5.03. The van der Waals surface area contributed by atoms with Crippen LogP contribution in [0.25, 0.3) is 11.0 Å². The summed E-state index contributed by atoms with van der Waals surface area (Å²) in [5.74, 6) is 1.10. The number of ketones is 1. The van der Waals surface area contributed by atoms with Gasteiger partial charge < -0.3 is 4.98 Å². The average Bonchev–Trinajstić information content (AvgIpc) is 3.02. The molecule has 2 heterocycles. The van der Waals surface area contributed by atoms with E-state index in [4.69, 9.17) is 0 Å². The van der Waals surface area contributed by atoms with Crippen LogP contribution in [-0.4, -0.2) is 20.7 Å². The second-order valence-corrected chi connectivity index (χ2v) is 6.20. The molecule has 1 N–H and O–H groups in total. The van der Waals surface area contributed by atoms with Crippen LogP contribution < -0.4 is 0 Å². The molecule has 0 saturated carbocycles. The standard InChI is InChI=1S/C15H13N3OS/c19-11-6-3-7-12-15(11)18-14(20-12)8-13-16-9-4-1-2-5-10(9)17-13/h1-2,4-5H,3,6-8H2,(H,16,17). The molecule has 4 nitrogen and oxygen atoms in total. The number of nitrogens with one attached hydrogen (secondary N) is 1. The Morgan fingerprint density at radius 2 is 2.10 bits per heavy atom. The van der Waals surface area contributed by atoms with Gasteiger partial charge in [0.1, 0.15) is 16.5 Å². The molecule has 20 heavy (non-hydrogen) atoms. The fraction of sp³-hybridized carbons (Fsp3) is 0.267. The molecule has 0 amide bonds. The highest BCUT2D eigenvalue weighted by Gasteiger charge is 2.22. The lowest BCUT2D eigenvalue weighted by Gasteiger charge is -2.06. The number of thiazole rings is 1. The second kappa shape index (κ2) is 4.52. The fourth-order valence-corrected chi connectivity index (χ4v) is 3.76. The number of para-hydroxylation sites is 2. The third-order valence-electron chi connectivity index (χ3n) is 3.57. The van der Waals surface area contributed by atoms with E-state index in [0.717, 1.165) is 39.6 Å². The topological polar surface area (TPSA) is 58.6 Å². The van der Waals surface area contributed by atoms with Crippen molar-refractivity contribution in [2.45, 2.75) is 25.7 Å². The maximum Gasteiger partial charge on any atom is 0.182 e. The molecule has 0 aliphatic heterocycles. The van der Waals surface area contributed by atoms with Gasteiger partial charge in [0.05, 0.1) is 17.5 Å². The highest BCUT2D eigenvalue weighted by atomic mass is 32.1. The highest BCUT2D eigenvalue weighted by Crippen LogP contribution is 2.27. The smallest absolute Gasteiger partial charge is 0.182 e. The van der Waals surface area contributed by atoms with Crippen molar-refractivity contribution < 1.29 is 4.79 Å². The Morgan fingerprint density at radius 1 is 1.20 bits per heavy atom. The lowest BCUT2D eigenvalue weighted by atomic mass is 10.0. The third kappa shape index (κ3) is 1.94. The van der Waals surface area contributed by atoms with Gasteiger partial charge in [-0.25, -0.2) is 9.97 Å². The van der Waals surface area contributed by atoms with Crippen LogP contribution >= 0.6 is 11.3 Å². The van der Waals surface area contributed by atoms with Crippen LogP contribution in [0.2, 0.25) is 0 Å². The first kappa shape index (κ1) is 11.8. The molecule has 0 fully saturated rings. The molecule has 3 aromatic rings. The number of fused-ring (bicyclic) bond motifs is 2. The van der Waals surface area contributed by atoms with E-state index in [0.29, 0.717) is 18.5 Å². The van der Waals surface area contributed by atoms with Crippen LogP contribution in [0.4, 0.5) is 0 Å². The summed E-state index contributed by atoms with van der Waals surface area (Å²) in [6.07, 6.45) is 3.25. The number of rotatable bonds is 2. The molecule has 0 saturated heterocycles. The van der Waals surface area contributed by atoms with E-state index in [-0.39, 0.29) is 5.78 Å². The van der Waals surface area contributed by atoms with Crippen LogP contribution in [0.5, 0.6) is 0 Å². The Bertz CT molecular complexity index is 769. The Balaban J connectivity index is 1.67. The zero-order valence-electron chi connectivity index (χ0n) is 10.8. The molecule has 1 aromatic carbocycles. The van der Waals surface area contributed by atoms with Crippen molar-refractivity contribution >= 4 is 28.2 Å². The van der Waals surface area contributed by atoms with E-state index in [9.17, 15) is 4.79 Å². The Labute approximate surface area is 119 Å². The minimum atomic E-state index is 0.193. The zero-order valence-corrected chi connectivity index (χ0v) is 11.7. The zero-order chi connectivity index (χ0) is 13.5. The molecule has 0 bridgehead atoms. The number of aryl methyl sites for hydroxylation is 1. The Kier molecular flexibility index (Phi) is 2.67. The van der Waals surface area contributed by atoms with Gasteiger partial charge in [-0.15, -0.1) is 11.3 Å². The van der Waals surface area contributed by atoms with Gasteiger partial charge in [-0.2, -0.15) is 0 Å². The van der Waals surface area contributed by atoms with E-state index in [1.54, 1.807) is 11.3 Å². The van der Waals surface area contributed by atoms with E-state index in [2.05, 4.69) is 15.0 Å². The first-order valence-electron chi connectivity index (χ1n) is 6.75. The number of aromatic nitrogens is 3. The summed E-state index contributed by atoms with van der Waals surface area (Å²) < 4.78 is 0. The molecule has 2 aromatic heterocycles. The summed E-state index contributed by atoms with van der Waals surface area (Å²) in [5.41, 5.74) is 2.71. The fourth-order valence-electron chi connectivity index (χ4n) is 2.62. The van der Waals surface area contributed by atoms with Gasteiger partial charge in [-0.1, -0.05) is 12.1 Å². The van der Waals surface area contributed by atoms with Gasteiger partial charge in [-0.3, -0.25) is 4.79 Å². The maximum absolute atomic E-state index is 11.8. The summed E-state index contributed by atoms with van der Waals surface area (Å²) in [7, 11) is 0. The van der Waals surface area contributed by atoms with Crippen molar-refractivity contribution in [2.24, 2.45) is 0 Å². The first-order chi connectivity index (χ1) is 9.79. The lowest BCUT2D eigenvalue weighted by molar-refractivity contribution is 0.0968. The summed E-state index contributed by atoms with van der Waals surface area (Å²) in [4.78, 5) is 25.3. The maximum atomic E-state index is 11.8. The highest BCUT2D eigenvalue weighted by molar-refractivity contribution is 7.12. The number of benzene rings is 1. The van der Waals surface area contributed by atoms with Crippen LogP contribution in [-0.2, 0) is 12.8 Å². The van der Waals surface area contributed by atoms with E-state index in [1.165, 1.54) is 0 Å². The summed E-state index contributed by atoms with van der Waals surface area (Å²) >= 11 is 1.65. The first-order valence-corrected chi connectivity index (χ1v) is 7.56. The predicted octanol–water partition coefficient (Wildman–Crippen LogP) is 3.13. The Hall–Kier alpha value is -2.01. The van der Waals surface area contributed by atoms with Crippen molar-refractivity contribution in [3.05, 3.63) is 45.7 Å². The largest absolute Gasteiger partial charge is 0.342 e. The number of Topliss-reactive ketones (excluding diaryl/α,β-unsaturated/α-hetero) is 1. The number of hydrogen-bond donors (Lipinski definition) is 1. The lowest BCUT2D eigenvalue weighted by Crippen LogP contribution is -2.08. The number of aromatic amines is 1. The van der Waals surface area contributed by atoms with E-state index >= 15 is 0 Å². The molecule has 0 radical (unpaired) electrons. The average molecular weight is 283 g/mol. The quantitative estimate of drug-likeness (QED) is 0.786. The molecule has 0 atom stereocenters. The van der Waals surface area contributed by atoms with Crippen LogP contribution in [0, 0.1) is 0 Å². The van der Waals surface area contributed by atoms with Gasteiger partial charge in [0.15, 0.2) is 5.78 Å². The van der Waals surface area contributed by atoms with Crippen LogP contribution in [0.15, 0.2) is 24.3 Å².